The molecule has 0 spiro atoms. The van der Waals surface area contributed by atoms with Crippen molar-refractivity contribution >= 4 is 5.97 Å². The minimum absolute atomic E-state index is 0.0870. The number of rotatable bonds is 4. The number of carbonyl (C=O) groups excluding carboxylic acids is 1. The highest BCUT2D eigenvalue weighted by atomic mass is 16.5. The van der Waals surface area contributed by atoms with E-state index in [9.17, 15) is 9.90 Å². The van der Waals surface area contributed by atoms with Gasteiger partial charge in [0.25, 0.3) is 0 Å². The minimum Gasteiger partial charge on any atom is -0.463 e. The van der Waals surface area contributed by atoms with Crippen molar-refractivity contribution in [2.45, 2.75) is 64.6 Å². The van der Waals surface area contributed by atoms with Crippen LogP contribution in [-0.4, -0.2) is 23.3 Å². The Morgan fingerprint density at radius 2 is 1.93 bits per heavy atom. The SMILES string of the molecule is CC(C)OC(=O)CC(O)C1CCCCC1. The molecule has 1 N–H and O–H groups in total. The van der Waals surface area contributed by atoms with Crippen LogP contribution in [0, 0.1) is 5.92 Å². The monoisotopic (exact) mass is 214 g/mol. The molecule has 0 aromatic rings. The summed E-state index contributed by atoms with van der Waals surface area (Å²) in [5.41, 5.74) is 0. The highest BCUT2D eigenvalue weighted by Crippen LogP contribution is 2.27. The Bertz CT molecular complexity index is 195. The molecule has 0 bridgehead atoms. The van der Waals surface area contributed by atoms with Crippen molar-refractivity contribution < 1.29 is 14.6 Å². The fourth-order valence-electron chi connectivity index (χ4n) is 2.17. The van der Waals surface area contributed by atoms with Gasteiger partial charge in [-0.15, -0.1) is 0 Å². The van der Waals surface area contributed by atoms with Crippen molar-refractivity contribution in [2.24, 2.45) is 5.92 Å². The smallest absolute Gasteiger partial charge is 0.308 e. The molecule has 1 aliphatic rings. The molecular weight excluding hydrogens is 192 g/mol. The average Bonchev–Trinajstić information content (AvgIpc) is 2.17. The van der Waals surface area contributed by atoms with Crippen LogP contribution in [0.1, 0.15) is 52.4 Å². The summed E-state index contributed by atoms with van der Waals surface area (Å²) in [7, 11) is 0. The molecule has 0 saturated heterocycles. The van der Waals surface area contributed by atoms with Crippen LogP contribution in [0.5, 0.6) is 0 Å². The highest BCUT2D eigenvalue weighted by Gasteiger charge is 2.24. The zero-order chi connectivity index (χ0) is 11.3. The summed E-state index contributed by atoms with van der Waals surface area (Å²) in [5.74, 6) is 0.0292. The lowest BCUT2D eigenvalue weighted by molar-refractivity contribution is -0.150. The van der Waals surface area contributed by atoms with Crippen LogP contribution in [0.25, 0.3) is 0 Å². The topological polar surface area (TPSA) is 46.5 Å². The third kappa shape index (κ3) is 4.65. The van der Waals surface area contributed by atoms with Crippen molar-refractivity contribution in [1.82, 2.24) is 0 Å². The van der Waals surface area contributed by atoms with Crippen molar-refractivity contribution in [3.8, 4) is 0 Å². The van der Waals surface area contributed by atoms with Crippen molar-refractivity contribution in [3.63, 3.8) is 0 Å². The molecule has 1 fully saturated rings. The summed E-state index contributed by atoms with van der Waals surface area (Å²) in [6.45, 7) is 3.65. The predicted octanol–water partition coefficient (Wildman–Crippen LogP) is 2.27. The number of aliphatic hydroxyl groups excluding tert-OH is 1. The van der Waals surface area contributed by atoms with Gasteiger partial charge in [-0.3, -0.25) is 4.79 Å². The minimum atomic E-state index is -0.503. The Labute approximate surface area is 91.8 Å². The number of hydrogen-bond acceptors (Lipinski definition) is 3. The zero-order valence-corrected chi connectivity index (χ0v) is 9.74. The van der Waals surface area contributed by atoms with E-state index in [0.717, 1.165) is 12.8 Å². The number of ether oxygens (including phenoxy) is 1. The van der Waals surface area contributed by atoms with Crippen LogP contribution in [-0.2, 0) is 9.53 Å². The maximum absolute atomic E-state index is 11.3. The van der Waals surface area contributed by atoms with Crippen LogP contribution in [0.2, 0.25) is 0 Å². The van der Waals surface area contributed by atoms with Crippen molar-refractivity contribution in [3.05, 3.63) is 0 Å². The largest absolute Gasteiger partial charge is 0.463 e. The molecule has 3 heteroatoms. The maximum Gasteiger partial charge on any atom is 0.308 e. The third-order valence-electron chi connectivity index (χ3n) is 2.94. The van der Waals surface area contributed by atoms with E-state index >= 15 is 0 Å². The lowest BCUT2D eigenvalue weighted by atomic mass is 9.84. The van der Waals surface area contributed by atoms with Gasteiger partial charge < -0.3 is 9.84 Å². The molecule has 1 unspecified atom stereocenters. The summed E-state index contributed by atoms with van der Waals surface area (Å²) in [5, 5.41) is 9.86. The first-order valence-corrected chi connectivity index (χ1v) is 5.97. The molecule has 0 radical (unpaired) electrons. The lowest BCUT2D eigenvalue weighted by Gasteiger charge is -2.26. The van der Waals surface area contributed by atoms with Gasteiger partial charge >= 0.3 is 5.97 Å². The molecule has 88 valence electrons. The number of aliphatic hydroxyl groups is 1. The van der Waals surface area contributed by atoms with Crippen LogP contribution in [0.3, 0.4) is 0 Å². The lowest BCUT2D eigenvalue weighted by Crippen LogP contribution is -2.27. The molecule has 3 nitrogen and oxygen atoms in total. The third-order valence-corrected chi connectivity index (χ3v) is 2.94. The second-order valence-electron chi connectivity index (χ2n) is 4.71. The van der Waals surface area contributed by atoms with E-state index in [4.69, 9.17) is 4.74 Å². The van der Waals surface area contributed by atoms with E-state index in [1.54, 1.807) is 0 Å². The van der Waals surface area contributed by atoms with Gasteiger partial charge in [-0.05, 0) is 32.6 Å². The first kappa shape index (κ1) is 12.5. The van der Waals surface area contributed by atoms with Gasteiger partial charge in [-0.2, -0.15) is 0 Å². The van der Waals surface area contributed by atoms with Gasteiger partial charge in [0.1, 0.15) is 0 Å². The second-order valence-corrected chi connectivity index (χ2v) is 4.71. The Morgan fingerprint density at radius 1 is 1.33 bits per heavy atom. The second kappa shape index (κ2) is 6.11. The fourth-order valence-corrected chi connectivity index (χ4v) is 2.17. The number of hydrogen-bond donors (Lipinski definition) is 1. The summed E-state index contributed by atoms with van der Waals surface area (Å²) in [6.07, 6.45) is 5.30. The maximum atomic E-state index is 11.3. The molecule has 0 aromatic carbocycles. The van der Waals surface area contributed by atoms with Gasteiger partial charge in [-0.1, -0.05) is 19.3 Å². The summed E-state index contributed by atoms with van der Waals surface area (Å²) in [6, 6.07) is 0. The molecule has 1 rings (SSSR count). The molecule has 1 atom stereocenters. The Morgan fingerprint density at radius 3 is 2.47 bits per heavy atom. The average molecular weight is 214 g/mol. The molecule has 0 aliphatic heterocycles. The first-order chi connectivity index (χ1) is 7.09. The standard InChI is InChI=1S/C12H22O3/c1-9(2)15-12(14)8-11(13)10-6-4-3-5-7-10/h9-11,13H,3-8H2,1-2H3. The van der Waals surface area contributed by atoms with Gasteiger partial charge in [-0.25, -0.2) is 0 Å². The predicted molar refractivity (Wildman–Crippen MR) is 58.4 cm³/mol. The van der Waals surface area contributed by atoms with E-state index in [0.29, 0.717) is 5.92 Å². The number of carbonyl (C=O) groups is 1. The van der Waals surface area contributed by atoms with Gasteiger partial charge in [0.2, 0.25) is 0 Å². The molecule has 0 heterocycles. The van der Waals surface area contributed by atoms with Crippen molar-refractivity contribution in [1.29, 1.82) is 0 Å². The van der Waals surface area contributed by atoms with Gasteiger partial charge in [0.15, 0.2) is 0 Å². The first-order valence-electron chi connectivity index (χ1n) is 5.97. The summed E-state index contributed by atoms with van der Waals surface area (Å²) in [4.78, 5) is 11.3. The Balaban J connectivity index is 2.27. The normalized spacial score (nSPS) is 20.3. The molecule has 15 heavy (non-hydrogen) atoms. The summed E-state index contributed by atoms with van der Waals surface area (Å²) >= 11 is 0. The highest BCUT2D eigenvalue weighted by molar-refractivity contribution is 5.70. The van der Waals surface area contributed by atoms with Crippen LogP contribution in [0.4, 0.5) is 0 Å². The van der Waals surface area contributed by atoms with Crippen LogP contribution in [0.15, 0.2) is 0 Å². The van der Waals surface area contributed by atoms with E-state index in [1.165, 1.54) is 19.3 Å². The van der Waals surface area contributed by atoms with Crippen molar-refractivity contribution in [2.75, 3.05) is 0 Å². The Hall–Kier alpha value is -0.570. The zero-order valence-electron chi connectivity index (χ0n) is 9.74. The molecule has 0 amide bonds. The van der Waals surface area contributed by atoms with E-state index in [-0.39, 0.29) is 18.5 Å². The molecular formula is C12H22O3. The quantitative estimate of drug-likeness (QED) is 0.730. The summed E-state index contributed by atoms with van der Waals surface area (Å²) < 4.78 is 5.01. The van der Waals surface area contributed by atoms with E-state index in [2.05, 4.69) is 0 Å². The van der Waals surface area contributed by atoms with Gasteiger partial charge in [0, 0.05) is 0 Å². The Kier molecular flexibility index (Phi) is 5.09. The van der Waals surface area contributed by atoms with Crippen LogP contribution < -0.4 is 0 Å². The van der Waals surface area contributed by atoms with E-state index < -0.39 is 6.10 Å². The molecule has 0 aromatic heterocycles. The molecule has 1 saturated carbocycles. The molecule has 1 aliphatic carbocycles. The fraction of sp³-hybridized carbons (Fsp3) is 0.917. The number of esters is 1. The van der Waals surface area contributed by atoms with E-state index in [1.807, 2.05) is 13.8 Å². The van der Waals surface area contributed by atoms with Crippen LogP contribution >= 0.6 is 0 Å². The van der Waals surface area contributed by atoms with Gasteiger partial charge in [0.05, 0.1) is 18.6 Å².